The summed E-state index contributed by atoms with van der Waals surface area (Å²) >= 11 is 6.00. The van der Waals surface area contributed by atoms with Crippen molar-refractivity contribution in [2.24, 2.45) is 5.73 Å². The van der Waals surface area contributed by atoms with E-state index in [1.165, 1.54) is 6.33 Å². The van der Waals surface area contributed by atoms with E-state index in [9.17, 15) is 0 Å². The Morgan fingerprint density at radius 3 is 3.07 bits per heavy atom. The van der Waals surface area contributed by atoms with Crippen molar-refractivity contribution in [3.05, 3.63) is 29.8 Å². The Balaban J connectivity index is 2.57. The minimum Gasteiger partial charge on any atom is -0.345 e. The fourth-order valence-electron chi connectivity index (χ4n) is 1.51. The average Bonchev–Trinajstić information content (AvgIpc) is 2.63. The number of nitrogens with one attached hydrogen (secondary N) is 1. The van der Waals surface area contributed by atoms with Crippen molar-refractivity contribution >= 4 is 28.2 Å². The number of aromatic amines is 1. The van der Waals surface area contributed by atoms with Gasteiger partial charge in [-0.3, -0.25) is 0 Å². The lowest BCUT2D eigenvalue weighted by molar-refractivity contribution is 1.03. The second-order valence-electron chi connectivity index (χ2n) is 3.23. The summed E-state index contributed by atoms with van der Waals surface area (Å²) in [5.41, 5.74) is 8.10. The monoisotopic (exact) mass is 222 g/mol. The summed E-state index contributed by atoms with van der Waals surface area (Å²) < 4.78 is 0. The quantitative estimate of drug-likeness (QED) is 0.781. The van der Waals surface area contributed by atoms with Crippen LogP contribution in [-0.4, -0.2) is 21.5 Å². The van der Waals surface area contributed by atoms with Gasteiger partial charge in [0, 0.05) is 11.8 Å². The third-order valence-electron chi connectivity index (χ3n) is 2.25. The normalized spacial score (nSPS) is 10.8. The molecule has 4 nitrogen and oxygen atoms in total. The van der Waals surface area contributed by atoms with Crippen molar-refractivity contribution in [3.63, 3.8) is 0 Å². The van der Waals surface area contributed by atoms with Gasteiger partial charge in [-0.2, -0.15) is 0 Å². The molecule has 0 saturated heterocycles. The zero-order chi connectivity index (χ0) is 10.8. The predicted octanol–water partition coefficient (Wildman–Crippen LogP) is 1.97. The molecule has 2 rings (SSSR count). The van der Waals surface area contributed by atoms with Gasteiger partial charge in [0.25, 0.3) is 0 Å². The van der Waals surface area contributed by atoms with Crippen LogP contribution in [0.5, 0.6) is 0 Å². The van der Waals surface area contributed by atoms with E-state index in [-0.39, 0.29) is 0 Å². The summed E-state index contributed by atoms with van der Waals surface area (Å²) in [6.07, 6.45) is 4.00. The van der Waals surface area contributed by atoms with Crippen LogP contribution in [0, 0.1) is 0 Å². The maximum absolute atomic E-state index is 6.00. The Labute approximate surface area is 92.2 Å². The lowest BCUT2D eigenvalue weighted by atomic mass is 10.1. The molecule has 0 unspecified atom stereocenters. The summed E-state index contributed by atoms with van der Waals surface area (Å²) in [6, 6.07) is 0. The predicted molar refractivity (Wildman–Crippen MR) is 61.6 cm³/mol. The number of nitrogens with zero attached hydrogens (tertiary/aromatic N) is 2. The van der Waals surface area contributed by atoms with Crippen LogP contribution in [0.1, 0.15) is 12.0 Å². The number of hydrogen-bond acceptors (Lipinski definition) is 3. The summed E-state index contributed by atoms with van der Waals surface area (Å²) in [5, 5.41) is 1.26. The zero-order valence-corrected chi connectivity index (χ0v) is 8.88. The van der Waals surface area contributed by atoms with E-state index in [0.717, 1.165) is 28.6 Å². The number of fused-ring (bicyclic) bond motifs is 1. The fraction of sp³-hybridized carbons (Fsp3) is 0.200. The van der Waals surface area contributed by atoms with Crippen LogP contribution in [-0.2, 0) is 0 Å². The molecule has 15 heavy (non-hydrogen) atoms. The first-order chi connectivity index (χ1) is 7.24. The number of nitrogens with two attached hydrogens (primary N) is 1. The molecule has 2 aromatic heterocycles. The largest absolute Gasteiger partial charge is 0.345 e. The van der Waals surface area contributed by atoms with Crippen LogP contribution in [0.3, 0.4) is 0 Å². The first kappa shape index (κ1) is 10.1. The van der Waals surface area contributed by atoms with Crippen molar-refractivity contribution in [3.8, 4) is 0 Å². The standard InChI is InChI=1S/C10H11ClN4/c1-6(2-3-12)7-4-13-10-8(7)9(11)14-5-15-10/h4-5H,1-3,12H2,(H,13,14,15). The van der Waals surface area contributed by atoms with Gasteiger partial charge in [-0.15, -0.1) is 0 Å². The van der Waals surface area contributed by atoms with Gasteiger partial charge in [0.15, 0.2) is 0 Å². The fourth-order valence-corrected chi connectivity index (χ4v) is 1.75. The molecule has 0 bridgehead atoms. The second-order valence-corrected chi connectivity index (χ2v) is 3.59. The van der Waals surface area contributed by atoms with E-state index in [4.69, 9.17) is 17.3 Å². The number of halogens is 1. The maximum Gasteiger partial charge on any atom is 0.142 e. The van der Waals surface area contributed by atoms with Crippen LogP contribution in [0.4, 0.5) is 0 Å². The Kier molecular flexibility index (Phi) is 2.70. The smallest absolute Gasteiger partial charge is 0.142 e. The van der Waals surface area contributed by atoms with E-state index >= 15 is 0 Å². The van der Waals surface area contributed by atoms with Crippen LogP contribution < -0.4 is 5.73 Å². The molecule has 0 aliphatic heterocycles. The van der Waals surface area contributed by atoms with Crippen molar-refractivity contribution in [2.75, 3.05) is 6.54 Å². The minimum absolute atomic E-state index is 0.439. The molecule has 0 fully saturated rings. The number of H-pyrrole nitrogens is 1. The highest BCUT2D eigenvalue weighted by Gasteiger charge is 2.11. The van der Waals surface area contributed by atoms with Crippen molar-refractivity contribution in [1.82, 2.24) is 15.0 Å². The summed E-state index contributed by atoms with van der Waals surface area (Å²) in [4.78, 5) is 11.1. The van der Waals surface area contributed by atoms with Crippen molar-refractivity contribution in [1.29, 1.82) is 0 Å². The third kappa shape index (κ3) is 1.73. The van der Waals surface area contributed by atoms with Gasteiger partial charge in [0.05, 0.1) is 5.39 Å². The highest BCUT2D eigenvalue weighted by molar-refractivity contribution is 6.34. The molecule has 0 aliphatic carbocycles. The molecule has 2 heterocycles. The van der Waals surface area contributed by atoms with Gasteiger partial charge in [-0.1, -0.05) is 18.2 Å². The molecule has 0 amide bonds. The molecular formula is C10H11ClN4. The third-order valence-corrected chi connectivity index (χ3v) is 2.54. The molecule has 0 aromatic carbocycles. The van der Waals surface area contributed by atoms with Crippen LogP contribution in [0.15, 0.2) is 19.1 Å². The van der Waals surface area contributed by atoms with E-state index < -0.39 is 0 Å². The Hall–Kier alpha value is -1.39. The van der Waals surface area contributed by atoms with Gasteiger partial charge < -0.3 is 10.7 Å². The van der Waals surface area contributed by atoms with E-state index in [2.05, 4.69) is 21.5 Å². The molecule has 0 radical (unpaired) electrons. The van der Waals surface area contributed by atoms with E-state index in [0.29, 0.717) is 11.7 Å². The highest BCUT2D eigenvalue weighted by atomic mass is 35.5. The minimum atomic E-state index is 0.439. The molecule has 0 atom stereocenters. The number of rotatable bonds is 3. The first-order valence-corrected chi connectivity index (χ1v) is 4.97. The Morgan fingerprint density at radius 2 is 2.33 bits per heavy atom. The van der Waals surface area contributed by atoms with Crippen LogP contribution in [0.2, 0.25) is 5.15 Å². The summed E-state index contributed by atoms with van der Waals surface area (Å²) in [5.74, 6) is 0. The van der Waals surface area contributed by atoms with Gasteiger partial charge in [0.2, 0.25) is 0 Å². The molecular weight excluding hydrogens is 212 g/mol. The van der Waals surface area contributed by atoms with Crippen molar-refractivity contribution < 1.29 is 0 Å². The molecule has 0 aliphatic rings. The van der Waals surface area contributed by atoms with E-state index in [1.807, 2.05) is 6.20 Å². The van der Waals surface area contributed by atoms with Crippen LogP contribution >= 0.6 is 11.6 Å². The molecule has 2 aromatic rings. The highest BCUT2D eigenvalue weighted by Crippen LogP contribution is 2.28. The van der Waals surface area contributed by atoms with Crippen molar-refractivity contribution in [2.45, 2.75) is 6.42 Å². The molecule has 0 spiro atoms. The van der Waals surface area contributed by atoms with E-state index in [1.54, 1.807) is 0 Å². The molecule has 0 saturated carbocycles. The first-order valence-electron chi connectivity index (χ1n) is 4.60. The Bertz CT molecular complexity index is 503. The topological polar surface area (TPSA) is 67.6 Å². The number of hydrogen-bond donors (Lipinski definition) is 2. The SMILES string of the molecule is C=C(CCN)c1c[nH]c2ncnc(Cl)c12. The average molecular weight is 223 g/mol. The summed E-state index contributed by atoms with van der Waals surface area (Å²) in [6.45, 7) is 4.53. The maximum atomic E-state index is 6.00. The lowest BCUT2D eigenvalue weighted by Gasteiger charge is -2.02. The molecule has 5 heteroatoms. The zero-order valence-electron chi connectivity index (χ0n) is 8.13. The number of aromatic nitrogens is 3. The van der Waals surface area contributed by atoms with Gasteiger partial charge in [-0.05, 0) is 18.5 Å². The lowest BCUT2D eigenvalue weighted by Crippen LogP contribution is -1.99. The van der Waals surface area contributed by atoms with Gasteiger partial charge >= 0.3 is 0 Å². The Morgan fingerprint density at radius 1 is 1.53 bits per heavy atom. The van der Waals surface area contributed by atoms with Crippen LogP contribution in [0.25, 0.3) is 16.6 Å². The second kappa shape index (κ2) is 4.00. The molecule has 3 N–H and O–H groups in total. The van der Waals surface area contributed by atoms with Gasteiger partial charge in [0.1, 0.15) is 17.1 Å². The summed E-state index contributed by atoms with van der Waals surface area (Å²) in [7, 11) is 0. The molecule has 78 valence electrons. The van der Waals surface area contributed by atoms with Gasteiger partial charge in [-0.25, -0.2) is 9.97 Å².